The van der Waals surface area contributed by atoms with Crippen LogP contribution in [0.4, 0.5) is 4.39 Å². The van der Waals surface area contributed by atoms with Gasteiger partial charge in [0, 0.05) is 32.8 Å². The summed E-state index contributed by atoms with van der Waals surface area (Å²) in [4.78, 5) is 24.9. The minimum absolute atomic E-state index is 0.0876. The van der Waals surface area contributed by atoms with Crippen molar-refractivity contribution in [3.63, 3.8) is 0 Å². The summed E-state index contributed by atoms with van der Waals surface area (Å²) >= 11 is 4.44. The predicted molar refractivity (Wildman–Crippen MR) is 102 cm³/mol. The van der Waals surface area contributed by atoms with E-state index in [0.717, 1.165) is 15.8 Å². The van der Waals surface area contributed by atoms with Crippen molar-refractivity contribution >= 4 is 49.2 Å². The Balaban J connectivity index is 1.81. The van der Waals surface area contributed by atoms with Gasteiger partial charge in [-0.1, -0.05) is 22.0 Å². The summed E-state index contributed by atoms with van der Waals surface area (Å²) in [5, 5.41) is 0.365. The fraction of sp³-hybridized carbons (Fsp3) is 0.111. The third-order valence-corrected chi connectivity index (χ3v) is 5.38. The Labute approximate surface area is 161 Å². The highest BCUT2D eigenvalue weighted by atomic mass is 79.9. The third kappa shape index (κ3) is 3.77. The number of benzene rings is 2. The summed E-state index contributed by atoms with van der Waals surface area (Å²) in [5.74, 6) is -1.39. The molecular formula is C18H14BrFN2O3S. The van der Waals surface area contributed by atoms with Crippen molar-refractivity contribution in [2.24, 2.45) is 0 Å². The number of carbonyl (C=O) groups excluding carboxylic acids is 2. The standard InChI is InChI=1S/C18H14BrFN2O3S/c1-25-9-12-15-13(20)3-2-4-14(15)26-16(12)18(24)22-21-17(23)10-5-7-11(19)8-6-10/h2-8H,9H2,1H3,(H,21,23)(H,22,24). The quantitative estimate of drug-likeness (QED) is 0.606. The molecule has 3 aromatic rings. The fourth-order valence-electron chi connectivity index (χ4n) is 2.48. The lowest BCUT2D eigenvalue weighted by Gasteiger charge is -2.08. The van der Waals surface area contributed by atoms with Gasteiger partial charge >= 0.3 is 0 Å². The molecule has 0 fully saturated rings. The van der Waals surface area contributed by atoms with Gasteiger partial charge in [-0.05, 0) is 36.4 Å². The van der Waals surface area contributed by atoms with E-state index in [1.807, 2.05) is 0 Å². The van der Waals surface area contributed by atoms with Gasteiger partial charge < -0.3 is 4.74 Å². The fourth-order valence-corrected chi connectivity index (χ4v) is 3.86. The molecule has 0 saturated heterocycles. The van der Waals surface area contributed by atoms with Crippen molar-refractivity contribution in [1.29, 1.82) is 0 Å². The Kier molecular flexibility index (Phi) is 5.65. The third-order valence-electron chi connectivity index (χ3n) is 3.65. The maximum absolute atomic E-state index is 14.2. The first-order chi connectivity index (χ1) is 12.5. The van der Waals surface area contributed by atoms with Crippen molar-refractivity contribution in [3.05, 3.63) is 68.8 Å². The highest BCUT2D eigenvalue weighted by Gasteiger charge is 2.21. The van der Waals surface area contributed by atoms with E-state index in [-0.39, 0.29) is 6.61 Å². The molecule has 26 heavy (non-hydrogen) atoms. The van der Waals surface area contributed by atoms with Crippen LogP contribution < -0.4 is 10.9 Å². The van der Waals surface area contributed by atoms with Crippen LogP contribution in [0.5, 0.6) is 0 Å². The normalized spacial score (nSPS) is 10.7. The number of hydrogen-bond acceptors (Lipinski definition) is 4. The lowest BCUT2D eigenvalue weighted by molar-refractivity contribution is 0.0847. The summed E-state index contributed by atoms with van der Waals surface area (Å²) in [6.07, 6.45) is 0. The number of fused-ring (bicyclic) bond motifs is 1. The number of rotatable bonds is 4. The lowest BCUT2D eigenvalue weighted by Crippen LogP contribution is -2.41. The number of ether oxygens (including phenoxy) is 1. The summed E-state index contributed by atoms with van der Waals surface area (Å²) in [6, 6.07) is 11.4. The topological polar surface area (TPSA) is 67.4 Å². The van der Waals surface area contributed by atoms with Crippen LogP contribution in [0.3, 0.4) is 0 Å². The number of hydrazine groups is 1. The molecule has 0 spiro atoms. The molecule has 0 aliphatic carbocycles. The zero-order chi connectivity index (χ0) is 18.7. The maximum Gasteiger partial charge on any atom is 0.280 e. The predicted octanol–water partition coefficient (Wildman–Crippen LogP) is 4.02. The molecule has 0 aliphatic rings. The molecule has 0 saturated carbocycles. The van der Waals surface area contributed by atoms with Crippen LogP contribution in [-0.4, -0.2) is 18.9 Å². The highest BCUT2D eigenvalue weighted by molar-refractivity contribution is 9.10. The molecule has 3 rings (SSSR count). The van der Waals surface area contributed by atoms with Gasteiger partial charge in [-0.3, -0.25) is 20.4 Å². The molecule has 0 unspecified atom stereocenters. The number of nitrogens with one attached hydrogen (secondary N) is 2. The van der Waals surface area contributed by atoms with Crippen molar-refractivity contribution < 1.29 is 18.7 Å². The minimum Gasteiger partial charge on any atom is -0.380 e. The summed E-state index contributed by atoms with van der Waals surface area (Å²) in [5.41, 5.74) is 5.59. The smallest absolute Gasteiger partial charge is 0.280 e. The largest absolute Gasteiger partial charge is 0.380 e. The van der Waals surface area contributed by atoms with Crippen molar-refractivity contribution in [2.75, 3.05) is 7.11 Å². The molecule has 2 N–H and O–H groups in total. The molecule has 1 heterocycles. The van der Waals surface area contributed by atoms with E-state index in [9.17, 15) is 14.0 Å². The van der Waals surface area contributed by atoms with Crippen molar-refractivity contribution in [1.82, 2.24) is 10.9 Å². The Morgan fingerprint density at radius 1 is 1.12 bits per heavy atom. The van der Waals surface area contributed by atoms with E-state index in [4.69, 9.17) is 4.74 Å². The number of carbonyl (C=O) groups is 2. The van der Waals surface area contributed by atoms with Gasteiger partial charge in [-0.2, -0.15) is 0 Å². The molecule has 8 heteroatoms. The first kappa shape index (κ1) is 18.5. The van der Waals surface area contributed by atoms with Crippen molar-refractivity contribution in [3.8, 4) is 0 Å². The summed E-state index contributed by atoms with van der Waals surface area (Å²) in [6.45, 7) is 0.0876. The van der Waals surface area contributed by atoms with Gasteiger partial charge in [0.1, 0.15) is 10.7 Å². The van der Waals surface area contributed by atoms with E-state index in [0.29, 0.717) is 26.1 Å². The van der Waals surface area contributed by atoms with Crippen LogP contribution in [-0.2, 0) is 11.3 Å². The van der Waals surface area contributed by atoms with E-state index in [1.165, 1.54) is 13.2 Å². The lowest BCUT2D eigenvalue weighted by atomic mass is 10.1. The second-order valence-corrected chi connectivity index (χ2v) is 7.34. The zero-order valence-electron chi connectivity index (χ0n) is 13.6. The molecule has 2 aromatic carbocycles. The first-order valence-electron chi connectivity index (χ1n) is 7.56. The zero-order valence-corrected chi connectivity index (χ0v) is 16.0. The van der Waals surface area contributed by atoms with Gasteiger partial charge in [0.05, 0.1) is 6.61 Å². The Hall–Kier alpha value is -2.29. The molecule has 0 atom stereocenters. The Morgan fingerprint density at radius 2 is 1.81 bits per heavy atom. The average Bonchev–Trinajstić information content (AvgIpc) is 3.00. The first-order valence-corrected chi connectivity index (χ1v) is 9.17. The second-order valence-electron chi connectivity index (χ2n) is 5.37. The number of methoxy groups -OCH3 is 1. The molecule has 0 bridgehead atoms. The molecule has 134 valence electrons. The van der Waals surface area contributed by atoms with E-state index < -0.39 is 17.6 Å². The van der Waals surface area contributed by atoms with Gasteiger partial charge in [-0.25, -0.2) is 4.39 Å². The van der Waals surface area contributed by atoms with Crippen LogP contribution in [0.25, 0.3) is 10.1 Å². The van der Waals surface area contributed by atoms with E-state index >= 15 is 0 Å². The van der Waals surface area contributed by atoms with Crippen LogP contribution in [0.2, 0.25) is 0 Å². The Morgan fingerprint density at radius 3 is 2.50 bits per heavy atom. The molecule has 0 radical (unpaired) electrons. The van der Waals surface area contributed by atoms with Crippen LogP contribution >= 0.6 is 27.3 Å². The maximum atomic E-state index is 14.2. The number of hydrogen-bond donors (Lipinski definition) is 2. The highest BCUT2D eigenvalue weighted by Crippen LogP contribution is 2.33. The Bertz CT molecular complexity index is 972. The molecule has 5 nitrogen and oxygen atoms in total. The van der Waals surface area contributed by atoms with Gasteiger partial charge in [-0.15, -0.1) is 11.3 Å². The second kappa shape index (κ2) is 7.94. The van der Waals surface area contributed by atoms with E-state index in [1.54, 1.807) is 36.4 Å². The molecule has 1 aromatic heterocycles. The monoisotopic (exact) mass is 436 g/mol. The summed E-state index contributed by atoms with van der Waals surface area (Å²) < 4.78 is 20.8. The molecule has 2 amide bonds. The van der Waals surface area contributed by atoms with Gasteiger partial charge in [0.2, 0.25) is 0 Å². The minimum atomic E-state index is -0.525. The van der Waals surface area contributed by atoms with Gasteiger partial charge in [0.15, 0.2) is 0 Å². The molecular weight excluding hydrogens is 423 g/mol. The van der Waals surface area contributed by atoms with E-state index in [2.05, 4.69) is 26.8 Å². The van der Waals surface area contributed by atoms with Crippen molar-refractivity contribution in [2.45, 2.75) is 6.61 Å². The van der Waals surface area contributed by atoms with Crippen LogP contribution in [0.1, 0.15) is 25.6 Å². The molecule has 0 aliphatic heterocycles. The van der Waals surface area contributed by atoms with Crippen LogP contribution in [0, 0.1) is 5.82 Å². The van der Waals surface area contributed by atoms with Crippen LogP contribution in [0.15, 0.2) is 46.9 Å². The van der Waals surface area contributed by atoms with Gasteiger partial charge in [0.25, 0.3) is 11.8 Å². The SMILES string of the molecule is COCc1c(C(=O)NNC(=O)c2ccc(Br)cc2)sc2cccc(F)c12. The average molecular weight is 437 g/mol. The number of thiophene rings is 1. The number of halogens is 2. The summed E-state index contributed by atoms with van der Waals surface area (Å²) in [7, 11) is 1.47. The number of amides is 2.